The average molecular weight is 468 g/mol. The molecule has 0 aromatic heterocycles. The van der Waals surface area contributed by atoms with E-state index >= 15 is 0 Å². The highest BCUT2D eigenvalue weighted by Gasteiger charge is 2.40. The quantitative estimate of drug-likeness (QED) is 0.407. The smallest absolute Gasteiger partial charge is 0.264 e. The van der Waals surface area contributed by atoms with Gasteiger partial charge in [0, 0.05) is 12.2 Å². The predicted molar refractivity (Wildman–Crippen MR) is 136 cm³/mol. The van der Waals surface area contributed by atoms with Gasteiger partial charge in [-0.2, -0.15) is 5.26 Å². The lowest BCUT2D eigenvalue weighted by molar-refractivity contribution is -0.117. The van der Waals surface area contributed by atoms with E-state index in [0.717, 1.165) is 22.3 Å². The van der Waals surface area contributed by atoms with Gasteiger partial charge in [0.15, 0.2) is 0 Å². The van der Waals surface area contributed by atoms with Gasteiger partial charge in [0.25, 0.3) is 5.91 Å². The monoisotopic (exact) mass is 467 g/mol. The number of amides is 2. The van der Waals surface area contributed by atoms with Gasteiger partial charge in [0.2, 0.25) is 5.91 Å². The number of carbonyl (C=O) groups is 2. The van der Waals surface area contributed by atoms with E-state index in [1.165, 1.54) is 16.7 Å². The molecule has 34 heavy (non-hydrogen) atoms. The van der Waals surface area contributed by atoms with Gasteiger partial charge < -0.3 is 5.32 Å². The minimum atomic E-state index is -0.491. The van der Waals surface area contributed by atoms with Gasteiger partial charge in [-0.05, 0) is 43.5 Å². The molecule has 0 bridgehead atoms. The summed E-state index contributed by atoms with van der Waals surface area (Å²) in [6.45, 7) is 4.29. The predicted octanol–water partition coefficient (Wildman–Crippen LogP) is 5.05. The minimum Gasteiger partial charge on any atom is -0.347 e. The molecule has 3 aromatic rings. The van der Waals surface area contributed by atoms with Crippen LogP contribution in [-0.2, 0) is 22.6 Å². The normalized spacial score (nSPS) is 16.8. The van der Waals surface area contributed by atoms with Crippen molar-refractivity contribution in [2.24, 2.45) is 0 Å². The van der Waals surface area contributed by atoms with Crippen LogP contribution in [0.1, 0.15) is 22.3 Å². The third-order valence-electron chi connectivity index (χ3n) is 5.60. The molecule has 1 saturated heterocycles. The average Bonchev–Trinajstić information content (AvgIpc) is 3.15. The van der Waals surface area contributed by atoms with Crippen LogP contribution in [0.5, 0.6) is 0 Å². The Bertz CT molecular complexity index is 1280. The Morgan fingerprint density at radius 2 is 1.68 bits per heavy atom. The number of nitriles is 1. The summed E-state index contributed by atoms with van der Waals surface area (Å²) >= 11 is 1.28. The van der Waals surface area contributed by atoms with Crippen molar-refractivity contribution in [3.63, 3.8) is 0 Å². The summed E-state index contributed by atoms with van der Waals surface area (Å²) in [6.07, 6.45) is 0.515. The van der Waals surface area contributed by atoms with Gasteiger partial charge >= 0.3 is 0 Å². The molecular formula is C28H25N3O2S. The Kier molecular flexibility index (Phi) is 7.15. The maximum atomic E-state index is 13.5. The first kappa shape index (κ1) is 23.3. The Labute approximate surface area is 204 Å². The zero-order chi connectivity index (χ0) is 24.1. The van der Waals surface area contributed by atoms with Gasteiger partial charge in [0.05, 0.1) is 5.25 Å². The van der Waals surface area contributed by atoms with E-state index in [9.17, 15) is 14.9 Å². The van der Waals surface area contributed by atoms with Crippen LogP contribution in [0.4, 0.5) is 5.69 Å². The van der Waals surface area contributed by atoms with Gasteiger partial charge in [-0.3, -0.25) is 14.5 Å². The summed E-state index contributed by atoms with van der Waals surface area (Å²) < 4.78 is 0. The Balaban J connectivity index is 1.67. The van der Waals surface area contributed by atoms with Crippen molar-refractivity contribution in [1.29, 1.82) is 5.26 Å². The van der Waals surface area contributed by atoms with Crippen LogP contribution in [0, 0.1) is 25.2 Å². The van der Waals surface area contributed by atoms with Gasteiger partial charge in [-0.15, -0.1) is 0 Å². The number of aryl methyl sites for hydroxylation is 2. The van der Waals surface area contributed by atoms with Crippen LogP contribution in [0.3, 0.4) is 0 Å². The number of rotatable bonds is 6. The third kappa shape index (κ3) is 5.22. The first-order valence-electron chi connectivity index (χ1n) is 11.1. The van der Waals surface area contributed by atoms with E-state index in [0.29, 0.717) is 23.7 Å². The molecule has 1 atom stereocenters. The van der Waals surface area contributed by atoms with Crippen LogP contribution >= 0.6 is 11.8 Å². The molecule has 1 aliphatic heterocycles. The second-order valence-electron chi connectivity index (χ2n) is 8.27. The van der Waals surface area contributed by atoms with Crippen LogP contribution in [0.15, 0.2) is 89.5 Å². The second kappa shape index (κ2) is 10.4. The van der Waals surface area contributed by atoms with Crippen molar-refractivity contribution in [3.8, 4) is 6.07 Å². The highest BCUT2D eigenvalue weighted by Crippen LogP contribution is 2.42. The summed E-state index contributed by atoms with van der Waals surface area (Å²) in [5, 5.41) is 12.7. The molecule has 5 nitrogen and oxygen atoms in total. The molecule has 3 aromatic carbocycles. The maximum absolute atomic E-state index is 13.5. The highest BCUT2D eigenvalue weighted by molar-refractivity contribution is 8.05. The third-order valence-corrected chi connectivity index (χ3v) is 6.86. The Morgan fingerprint density at radius 1 is 0.971 bits per heavy atom. The lowest BCUT2D eigenvalue weighted by Gasteiger charge is -2.19. The number of benzene rings is 3. The van der Waals surface area contributed by atoms with Crippen molar-refractivity contribution in [3.05, 3.63) is 112 Å². The summed E-state index contributed by atoms with van der Waals surface area (Å²) in [5.41, 5.74) is 4.75. The van der Waals surface area contributed by atoms with Crippen LogP contribution in [0.2, 0.25) is 0 Å². The number of anilines is 1. The fraction of sp³-hybridized carbons (Fsp3) is 0.179. The molecule has 2 amide bonds. The van der Waals surface area contributed by atoms with E-state index in [1.54, 1.807) is 0 Å². The minimum absolute atomic E-state index is 0.0541. The van der Waals surface area contributed by atoms with E-state index in [1.807, 2.05) is 86.6 Å². The Hall–Kier alpha value is -3.82. The summed E-state index contributed by atoms with van der Waals surface area (Å²) in [5.74, 6) is -0.621. The molecule has 0 aliphatic carbocycles. The highest BCUT2D eigenvalue weighted by atomic mass is 32.2. The molecule has 1 heterocycles. The summed E-state index contributed by atoms with van der Waals surface area (Å²) in [7, 11) is 0. The van der Waals surface area contributed by atoms with E-state index in [4.69, 9.17) is 0 Å². The summed E-state index contributed by atoms with van der Waals surface area (Å²) in [6, 6.07) is 27.1. The number of nitrogens with zero attached hydrogens (tertiary/aromatic N) is 2. The van der Waals surface area contributed by atoms with Crippen molar-refractivity contribution in [2.45, 2.75) is 32.1 Å². The molecule has 1 N–H and O–H groups in total. The van der Waals surface area contributed by atoms with E-state index < -0.39 is 11.2 Å². The fourth-order valence-corrected chi connectivity index (χ4v) is 5.14. The molecule has 0 radical (unpaired) electrons. The fourth-order valence-electron chi connectivity index (χ4n) is 3.84. The van der Waals surface area contributed by atoms with Crippen molar-refractivity contribution in [2.75, 3.05) is 4.90 Å². The largest absolute Gasteiger partial charge is 0.347 e. The lowest BCUT2D eigenvalue weighted by Crippen LogP contribution is -2.32. The standard InChI is InChI=1S/C28H25N3O2S/c1-19-11-13-23(14-12-19)31-27(33)25(16-22-10-6-7-20(2)15-22)34-28(31)24(17-29)26(32)30-18-21-8-4-3-5-9-21/h3-15,25H,16,18H2,1-2H3,(H,30,32)/b28-24-/t25-/m1/s1. The molecule has 0 spiro atoms. The maximum Gasteiger partial charge on any atom is 0.264 e. The molecule has 4 rings (SSSR count). The van der Waals surface area contributed by atoms with Gasteiger partial charge in [-0.1, -0.05) is 89.6 Å². The zero-order valence-corrected chi connectivity index (χ0v) is 19.9. The van der Waals surface area contributed by atoms with E-state index in [-0.39, 0.29) is 11.5 Å². The summed E-state index contributed by atoms with van der Waals surface area (Å²) in [4.78, 5) is 28.1. The zero-order valence-electron chi connectivity index (χ0n) is 19.1. The number of carbonyl (C=O) groups excluding carboxylic acids is 2. The van der Waals surface area contributed by atoms with Crippen LogP contribution in [-0.4, -0.2) is 17.1 Å². The molecule has 0 saturated carbocycles. The number of thioether (sulfide) groups is 1. The Morgan fingerprint density at radius 3 is 2.35 bits per heavy atom. The van der Waals surface area contributed by atoms with Crippen molar-refractivity contribution in [1.82, 2.24) is 5.32 Å². The number of hydrogen-bond acceptors (Lipinski definition) is 4. The number of hydrogen-bond donors (Lipinski definition) is 1. The molecule has 1 aliphatic rings. The van der Waals surface area contributed by atoms with Gasteiger partial charge in [-0.25, -0.2) is 0 Å². The van der Waals surface area contributed by atoms with Crippen LogP contribution < -0.4 is 10.2 Å². The molecule has 6 heteroatoms. The number of nitrogens with one attached hydrogen (secondary N) is 1. The van der Waals surface area contributed by atoms with Gasteiger partial charge in [0.1, 0.15) is 16.7 Å². The second-order valence-corrected chi connectivity index (χ2v) is 9.46. The first-order chi connectivity index (χ1) is 16.5. The van der Waals surface area contributed by atoms with Crippen molar-refractivity contribution < 1.29 is 9.59 Å². The van der Waals surface area contributed by atoms with E-state index in [2.05, 4.69) is 17.5 Å². The molecule has 1 fully saturated rings. The SMILES string of the molecule is Cc1ccc(N2C(=O)[C@@H](Cc3cccc(C)c3)S/C2=C(/C#N)C(=O)NCc2ccccc2)cc1. The molecule has 0 unspecified atom stereocenters. The van der Waals surface area contributed by atoms with Crippen LogP contribution in [0.25, 0.3) is 0 Å². The topological polar surface area (TPSA) is 73.2 Å². The lowest BCUT2D eigenvalue weighted by atomic mass is 10.1. The molecular weight excluding hydrogens is 442 g/mol. The molecule has 170 valence electrons. The van der Waals surface area contributed by atoms with Crippen molar-refractivity contribution >= 4 is 29.3 Å². The first-order valence-corrected chi connectivity index (χ1v) is 11.9.